The van der Waals surface area contributed by atoms with Crippen molar-refractivity contribution in [1.82, 2.24) is 9.97 Å². The minimum Gasteiger partial charge on any atom is -0.439 e. The van der Waals surface area contributed by atoms with Crippen molar-refractivity contribution in [2.75, 3.05) is 11.9 Å². The van der Waals surface area contributed by atoms with Gasteiger partial charge in [0.2, 0.25) is 11.8 Å². The van der Waals surface area contributed by atoms with Gasteiger partial charge in [0.1, 0.15) is 5.75 Å². The van der Waals surface area contributed by atoms with Crippen molar-refractivity contribution in [3.63, 3.8) is 0 Å². The number of hydrogen-bond donors (Lipinski definition) is 1. The van der Waals surface area contributed by atoms with Gasteiger partial charge in [0, 0.05) is 18.3 Å². The van der Waals surface area contributed by atoms with Gasteiger partial charge in [0.05, 0.1) is 0 Å². The van der Waals surface area contributed by atoms with E-state index in [-0.39, 0.29) is 0 Å². The Labute approximate surface area is 125 Å². The van der Waals surface area contributed by atoms with Gasteiger partial charge in [-0.3, -0.25) is 0 Å². The van der Waals surface area contributed by atoms with Crippen LogP contribution >= 0.6 is 0 Å². The van der Waals surface area contributed by atoms with E-state index in [0.29, 0.717) is 11.8 Å². The first-order chi connectivity index (χ1) is 10.3. The maximum absolute atomic E-state index is 5.96. The number of benzene rings is 1. The van der Waals surface area contributed by atoms with Crippen molar-refractivity contribution >= 4 is 5.95 Å². The number of nitrogens with zero attached hydrogens (tertiary/aromatic N) is 2. The fourth-order valence-corrected chi connectivity index (χ4v) is 2.58. The Morgan fingerprint density at radius 2 is 2.10 bits per heavy atom. The van der Waals surface area contributed by atoms with Crippen molar-refractivity contribution in [2.24, 2.45) is 0 Å². The third-order valence-electron chi connectivity index (χ3n) is 3.74. The van der Waals surface area contributed by atoms with E-state index in [1.165, 1.54) is 24.0 Å². The Balaban J connectivity index is 1.80. The average Bonchev–Trinajstić information content (AvgIpc) is 2.95. The number of hydrogen-bond acceptors (Lipinski definition) is 4. The molecule has 110 valence electrons. The van der Waals surface area contributed by atoms with E-state index in [2.05, 4.69) is 34.3 Å². The first kappa shape index (κ1) is 13.9. The molecule has 0 aliphatic heterocycles. The molecule has 0 saturated heterocycles. The Morgan fingerprint density at radius 3 is 2.95 bits per heavy atom. The highest BCUT2D eigenvalue weighted by molar-refractivity contribution is 5.41. The maximum Gasteiger partial charge on any atom is 0.226 e. The predicted molar refractivity (Wildman–Crippen MR) is 84.1 cm³/mol. The van der Waals surface area contributed by atoms with Gasteiger partial charge in [0.15, 0.2) is 0 Å². The first-order valence-electron chi connectivity index (χ1n) is 7.63. The number of ether oxygens (including phenoxy) is 1. The monoisotopic (exact) mass is 283 g/mol. The van der Waals surface area contributed by atoms with Crippen molar-refractivity contribution in [3.8, 4) is 11.6 Å². The Morgan fingerprint density at radius 1 is 1.24 bits per heavy atom. The van der Waals surface area contributed by atoms with Crippen molar-refractivity contribution < 1.29 is 4.74 Å². The van der Waals surface area contributed by atoms with E-state index < -0.39 is 0 Å². The lowest BCUT2D eigenvalue weighted by molar-refractivity contribution is 0.457. The highest BCUT2D eigenvalue weighted by Gasteiger charge is 2.12. The van der Waals surface area contributed by atoms with Crippen LogP contribution in [0.3, 0.4) is 0 Å². The summed E-state index contributed by atoms with van der Waals surface area (Å²) >= 11 is 0. The van der Waals surface area contributed by atoms with Gasteiger partial charge in [-0.1, -0.05) is 13.0 Å². The minimum absolute atomic E-state index is 0.624. The van der Waals surface area contributed by atoms with Gasteiger partial charge < -0.3 is 10.1 Å². The highest BCUT2D eigenvalue weighted by Crippen LogP contribution is 2.29. The van der Waals surface area contributed by atoms with Crippen LogP contribution in [0.1, 0.15) is 36.5 Å². The van der Waals surface area contributed by atoms with Crippen molar-refractivity contribution in [3.05, 3.63) is 41.1 Å². The third kappa shape index (κ3) is 3.15. The van der Waals surface area contributed by atoms with E-state index in [1.54, 1.807) is 6.20 Å². The highest BCUT2D eigenvalue weighted by atomic mass is 16.5. The molecule has 1 aliphatic carbocycles. The molecule has 0 bridgehead atoms. The Bertz CT molecular complexity index is 640. The summed E-state index contributed by atoms with van der Waals surface area (Å²) < 4.78 is 5.96. The number of nitrogens with one attached hydrogen (secondary N) is 1. The molecule has 1 aromatic heterocycles. The van der Waals surface area contributed by atoms with E-state index in [1.807, 2.05) is 13.0 Å². The van der Waals surface area contributed by atoms with Crippen LogP contribution < -0.4 is 10.1 Å². The van der Waals surface area contributed by atoms with Crippen LogP contribution in [-0.4, -0.2) is 16.5 Å². The Kier molecular flexibility index (Phi) is 4.04. The van der Waals surface area contributed by atoms with Crippen molar-refractivity contribution in [2.45, 2.75) is 39.5 Å². The average molecular weight is 283 g/mol. The zero-order valence-electron chi connectivity index (χ0n) is 12.6. The molecule has 1 N–H and O–H groups in total. The number of rotatable bonds is 5. The lowest BCUT2D eigenvalue weighted by Gasteiger charge is -2.10. The van der Waals surface area contributed by atoms with Gasteiger partial charge >= 0.3 is 0 Å². The molecule has 1 aliphatic rings. The molecule has 0 unspecified atom stereocenters. The first-order valence-corrected chi connectivity index (χ1v) is 7.63. The largest absolute Gasteiger partial charge is 0.439 e. The normalized spacial score (nSPS) is 13.0. The zero-order chi connectivity index (χ0) is 14.7. The SMILES string of the molecule is CCCNc1ncc(C)c(Oc2ccc3c(c2)CCC3)n1. The van der Waals surface area contributed by atoms with Crippen LogP contribution in [0.25, 0.3) is 0 Å². The predicted octanol–water partition coefficient (Wildman–Crippen LogP) is 3.89. The van der Waals surface area contributed by atoms with Gasteiger partial charge in [-0.15, -0.1) is 0 Å². The third-order valence-corrected chi connectivity index (χ3v) is 3.74. The molecule has 0 atom stereocenters. The second-order valence-corrected chi connectivity index (χ2v) is 5.49. The van der Waals surface area contributed by atoms with E-state index in [0.717, 1.165) is 30.7 Å². The fourth-order valence-electron chi connectivity index (χ4n) is 2.58. The molecule has 4 heteroatoms. The van der Waals surface area contributed by atoms with Gasteiger partial charge in [-0.25, -0.2) is 4.98 Å². The van der Waals surface area contributed by atoms with Crippen LogP contribution in [0.15, 0.2) is 24.4 Å². The number of anilines is 1. The van der Waals surface area contributed by atoms with E-state index in [9.17, 15) is 0 Å². The summed E-state index contributed by atoms with van der Waals surface area (Å²) in [6.07, 6.45) is 6.42. The van der Waals surface area contributed by atoms with E-state index >= 15 is 0 Å². The molecular weight excluding hydrogens is 262 g/mol. The molecule has 0 spiro atoms. The van der Waals surface area contributed by atoms with Crippen LogP contribution in [0, 0.1) is 6.92 Å². The quantitative estimate of drug-likeness (QED) is 0.904. The molecule has 21 heavy (non-hydrogen) atoms. The second kappa shape index (κ2) is 6.12. The van der Waals surface area contributed by atoms with E-state index in [4.69, 9.17) is 4.74 Å². The molecular formula is C17H21N3O. The van der Waals surface area contributed by atoms with Crippen LogP contribution in [0.4, 0.5) is 5.95 Å². The molecule has 0 saturated carbocycles. The number of fused-ring (bicyclic) bond motifs is 1. The van der Waals surface area contributed by atoms with Gasteiger partial charge in [0.25, 0.3) is 0 Å². The van der Waals surface area contributed by atoms with Gasteiger partial charge in [-0.05, 0) is 55.9 Å². The standard InChI is InChI=1S/C17H21N3O/c1-3-9-18-17-19-11-12(2)16(20-17)21-15-8-7-13-5-4-6-14(13)10-15/h7-8,10-11H,3-6,9H2,1-2H3,(H,18,19,20). The molecule has 1 aromatic carbocycles. The van der Waals surface area contributed by atoms with Crippen LogP contribution in [0.2, 0.25) is 0 Å². The summed E-state index contributed by atoms with van der Waals surface area (Å²) in [4.78, 5) is 8.73. The summed E-state index contributed by atoms with van der Waals surface area (Å²) in [5.41, 5.74) is 3.80. The van der Waals surface area contributed by atoms with Crippen molar-refractivity contribution in [1.29, 1.82) is 0 Å². The molecule has 0 amide bonds. The lowest BCUT2D eigenvalue weighted by Crippen LogP contribution is -2.05. The zero-order valence-corrected chi connectivity index (χ0v) is 12.6. The summed E-state index contributed by atoms with van der Waals surface area (Å²) in [6, 6.07) is 6.35. The molecule has 3 rings (SSSR count). The molecule has 1 heterocycles. The molecule has 0 fully saturated rings. The summed E-state index contributed by atoms with van der Waals surface area (Å²) in [6.45, 7) is 4.94. The topological polar surface area (TPSA) is 47.0 Å². The minimum atomic E-state index is 0.624. The maximum atomic E-state index is 5.96. The smallest absolute Gasteiger partial charge is 0.226 e. The summed E-state index contributed by atoms with van der Waals surface area (Å²) in [5.74, 6) is 2.11. The number of aromatic nitrogens is 2. The summed E-state index contributed by atoms with van der Waals surface area (Å²) in [5, 5.41) is 3.19. The second-order valence-electron chi connectivity index (χ2n) is 5.49. The molecule has 4 nitrogen and oxygen atoms in total. The van der Waals surface area contributed by atoms with Gasteiger partial charge in [-0.2, -0.15) is 4.98 Å². The fraction of sp³-hybridized carbons (Fsp3) is 0.412. The molecule has 2 aromatic rings. The lowest BCUT2D eigenvalue weighted by atomic mass is 10.1. The van der Waals surface area contributed by atoms with Crippen LogP contribution in [-0.2, 0) is 12.8 Å². The number of aryl methyl sites for hydroxylation is 3. The molecule has 0 radical (unpaired) electrons. The summed E-state index contributed by atoms with van der Waals surface area (Å²) in [7, 11) is 0. The Hall–Kier alpha value is -2.10. The van der Waals surface area contributed by atoms with Crippen LogP contribution in [0.5, 0.6) is 11.6 Å².